The molecule has 0 radical (unpaired) electrons. The molecule has 2 aromatic carbocycles. The molecule has 0 aliphatic carbocycles. The molecule has 4 rings (SSSR count). The zero-order chi connectivity index (χ0) is 24.5. The SMILES string of the molecule is CNCc1cn([S+]([O-])c2cccc(OC(F)(F)F)c2)c2cc(Nc3ccc(C)nc3Cl)ccc12. The van der Waals surface area contributed by atoms with E-state index in [2.05, 4.69) is 20.4 Å². The Hall–Kier alpha value is -2.92. The fourth-order valence-corrected chi connectivity index (χ4v) is 4.92. The summed E-state index contributed by atoms with van der Waals surface area (Å²) >= 11 is 4.41. The van der Waals surface area contributed by atoms with Crippen LogP contribution in [0.4, 0.5) is 24.5 Å². The van der Waals surface area contributed by atoms with Gasteiger partial charge in [-0.25, -0.2) is 4.98 Å². The first-order chi connectivity index (χ1) is 16.1. The van der Waals surface area contributed by atoms with Crippen molar-refractivity contribution in [1.82, 2.24) is 14.3 Å². The number of hydrogen-bond acceptors (Lipinski definition) is 5. The number of hydrogen-bond donors (Lipinski definition) is 2. The number of benzene rings is 2. The zero-order valence-electron chi connectivity index (χ0n) is 18.1. The van der Waals surface area contributed by atoms with Crippen LogP contribution in [0.1, 0.15) is 11.3 Å². The van der Waals surface area contributed by atoms with Gasteiger partial charge in [0.2, 0.25) is 0 Å². The highest BCUT2D eigenvalue weighted by molar-refractivity contribution is 7.90. The Morgan fingerprint density at radius 2 is 1.94 bits per heavy atom. The van der Waals surface area contributed by atoms with E-state index < -0.39 is 23.5 Å². The molecule has 11 heteroatoms. The monoisotopic (exact) mass is 508 g/mol. The number of rotatable bonds is 7. The number of anilines is 2. The molecule has 0 aliphatic rings. The standard InChI is InChI=1S/C23H20ClF3N4O2S/c1-14-6-9-20(22(24)29-14)30-16-7-8-19-15(12-28-2)13-31(21(19)10-16)34(32)18-5-3-4-17(11-18)33-23(25,26)27/h3-11,13,28,30H,12H2,1-2H3. The number of pyridine rings is 1. The van der Waals surface area contributed by atoms with E-state index in [1.54, 1.807) is 19.3 Å². The summed E-state index contributed by atoms with van der Waals surface area (Å²) < 4.78 is 56.8. The summed E-state index contributed by atoms with van der Waals surface area (Å²) in [5.41, 5.74) is 3.59. The van der Waals surface area contributed by atoms with Crippen LogP contribution in [-0.2, 0) is 17.9 Å². The van der Waals surface area contributed by atoms with Crippen LogP contribution in [0, 0.1) is 6.92 Å². The second kappa shape index (κ2) is 9.75. The van der Waals surface area contributed by atoms with Gasteiger partial charge in [-0.1, -0.05) is 23.7 Å². The Bertz CT molecular complexity index is 1330. The molecular weight excluding hydrogens is 489 g/mol. The third-order valence-corrected chi connectivity index (χ3v) is 6.51. The van der Waals surface area contributed by atoms with Crippen LogP contribution in [0.25, 0.3) is 10.9 Å². The van der Waals surface area contributed by atoms with Crippen molar-refractivity contribution in [2.24, 2.45) is 0 Å². The fourth-order valence-electron chi connectivity index (χ4n) is 3.48. The second-order valence-corrected chi connectivity index (χ2v) is 9.15. The summed E-state index contributed by atoms with van der Waals surface area (Å²) in [4.78, 5) is 4.39. The number of aryl methyl sites for hydroxylation is 1. The number of halogens is 4. The van der Waals surface area contributed by atoms with Crippen molar-refractivity contribution in [2.75, 3.05) is 12.4 Å². The normalized spacial score (nSPS) is 12.7. The summed E-state index contributed by atoms with van der Waals surface area (Å²) in [6, 6.07) is 14.3. The lowest BCUT2D eigenvalue weighted by Crippen LogP contribution is -2.18. The van der Waals surface area contributed by atoms with E-state index in [0.717, 1.165) is 28.8 Å². The molecule has 0 bridgehead atoms. The lowest BCUT2D eigenvalue weighted by atomic mass is 10.1. The van der Waals surface area contributed by atoms with Gasteiger partial charge in [-0.3, -0.25) is 0 Å². The first kappa shape index (κ1) is 24.2. The van der Waals surface area contributed by atoms with E-state index in [1.165, 1.54) is 16.1 Å². The van der Waals surface area contributed by atoms with Gasteiger partial charge >= 0.3 is 6.36 Å². The molecule has 1 unspecified atom stereocenters. The number of fused-ring (bicyclic) bond motifs is 1. The minimum Gasteiger partial charge on any atom is -0.587 e. The topological polar surface area (TPSA) is 74.2 Å². The first-order valence-corrected chi connectivity index (χ1v) is 11.6. The van der Waals surface area contributed by atoms with Crippen molar-refractivity contribution in [3.8, 4) is 5.75 Å². The lowest BCUT2D eigenvalue weighted by Gasteiger charge is -2.14. The summed E-state index contributed by atoms with van der Waals surface area (Å²) in [6.45, 7) is 2.35. The van der Waals surface area contributed by atoms with Crippen LogP contribution < -0.4 is 15.4 Å². The van der Waals surface area contributed by atoms with Gasteiger partial charge in [0.1, 0.15) is 22.6 Å². The van der Waals surface area contributed by atoms with E-state index in [4.69, 9.17) is 11.6 Å². The molecule has 2 N–H and O–H groups in total. The highest BCUT2D eigenvalue weighted by Gasteiger charge is 2.32. The maximum atomic E-state index is 13.4. The average Bonchev–Trinajstić information content (AvgIpc) is 3.12. The Balaban J connectivity index is 1.74. The average molecular weight is 509 g/mol. The molecule has 4 aromatic rings. The Kier molecular flexibility index (Phi) is 6.94. The minimum atomic E-state index is -4.84. The smallest absolute Gasteiger partial charge is 0.573 e. The molecule has 0 saturated heterocycles. The summed E-state index contributed by atoms with van der Waals surface area (Å²) in [5, 5.41) is 7.44. The van der Waals surface area contributed by atoms with Crippen molar-refractivity contribution in [3.63, 3.8) is 0 Å². The Morgan fingerprint density at radius 1 is 1.15 bits per heavy atom. The number of ether oxygens (including phenoxy) is 1. The third kappa shape index (κ3) is 5.41. The third-order valence-electron chi connectivity index (χ3n) is 4.91. The van der Waals surface area contributed by atoms with Crippen LogP contribution in [0.15, 0.2) is 65.7 Å². The summed E-state index contributed by atoms with van der Waals surface area (Å²) in [5.74, 6) is -0.436. The van der Waals surface area contributed by atoms with Gasteiger partial charge in [-0.2, -0.15) is 3.97 Å². The van der Waals surface area contributed by atoms with E-state index in [-0.39, 0.29) is 4.90 Å². The number of nitrogens with zero attached hydrogens (tertiary/aromatic N) is 2. The summed E-state index contributed by atoms with van der Waals surface area (Å²) in [7, 11) is 1.79. The van der Waals surface area contributed by atoms with Gasteiger partial charge in [0, 0.05) is 29.4 Å². The number of nitrogens with one attached hydrogen (secondary N) is 2. The van der Waals surface area contributed by atoms with Gasteiger partial charge < -0.3 is 19.9 Å². The maximum absolute atomic E-state index is 13.4. The van der Waals surface area contributed by atoms with Gasteiger partial charge in [0.05, 0.1) is 11.9 Å². The van der Waals surface area contributed by atoms with E-state index in [0.29, 0.717) is 28.6 Å². The molecule has 178 valence electrons. The molecular formula is C23H20ClF3N4O2S. The van der Waals surface area contributed by atoms with Crippen molar-refractivity contribution in [2.45, 2.75) is 24.7 Å². The van der Waals surface area contributed by atoms with E-state index >= 15 is 0 Å². The maximum Gasteiger partial charge on any atom is 0.573 e. The van der Waals surface area contributed by atoms with Crippen LogP contribution in [0.3, 0.4) is 0 Å². The predicted octanol–water partition coefficient (Wildman–Crippen LogP) is 5.93. The molecule has 0 saturated carbocycles. The molecule has 0 fully saturated rings. The van der Waals surface area contributed by atoms with E-state index in [9.17, 15) is 17.7 Å². The van der Waals surface area contributed by atoms with Gasteiger partial charge in [-0.05, 0) is 55.9 Å². The van der Waals surface area contributed by atoms with Gasteiger partial charge in [0.15, 0.2) is 10.0 Å². The molecule has 34 heavy (non-hydrogen) atoms. The van der Waals surface area contributed by atoms with Gasteiger partial charge in [-0.15, -0.1) is 13.2 Å². The molecule has 6 nitrogen and oxygen atoms in total. The highest BCUT2D eigenvalue weighted by Crippen LogP contribution is 2.32. The number of alkyl halides is 3. The molecule has 0 spiro atoms. The van der Waals surface area contributed by atoms with Gasteiger partial charge in [0.25, 0.3) is 0 Å². The molecule has 0 aliphatic heterocycles. The van der Waals surface area contributed by atoms with Crippen molar-refractivity contribution >= 4 is 45.2 Å². The molecule has 0 amide bonds. The van der Waals surface area contributed by atoms with Crippen LogP contribution in [-0.4, -0.2) is 26.9 Å². The minimum absolute atomic E-state index is 0.166. The number of aromatic nitrogens is 2. The Morgan fingerprint density at radius 3 is 2.65 bits per heavy atom. The van der Waals surface area contributed by atoms with Crippen molar-refractivity contribution < 1.29 is 22.5 Å². The van der Waals surface area contributed by atoms with Crippen LogP contribution in [0.2, 0.25) is 5.15 Å². The van der Waals surface area contributed by atoms with E-state index in [1.807, 2.05) is 31.2 Å². The lowest BCUT2D eigenvalue weighted by molar-refractivity contribution is -0.274. The quantitative estimate of drug-likeness (QED) is 0.239. The predicted molar refractivity (Wildman–Crippen MR) is 127 cm³/mol. The summed E-state index contributed by atoms with van der Waals surface area (Å²) in [6.07, 6.45) is -3.12. The van der Waals surface area contributed by atoms with Crippen molar-refractivity contribution in [1.29, 1.82) is 0 Å². The van der Waals surface area contributed by atoms with Crippen LogP contribution >= 0.6 is 11.6 Å². The second-order valence-electron chi connectivity index (χ2n) is 7.43. The first-order valence-electron chi connectivity index (χ1n) is 10.1. The highest BCUT2D eigenvalue weighted by atomic mass is 35.5. The molecule has 1 atom stereocenters. The van der Waals surface area contributed by atoms with Crippen molar-refractivity contribution in [3.05, 3.63) is 77.2 Å². The molecule has 2 heterocycles. The molecule has 2 aromatic heterocycles. The zero-order valence-corrected chi connectivity index (χ0v) is 19.7. The fraction of sp³-hybridized carbons (Fsp3) is 0.174. The van der Waals surface area contributed by atoms with Crippen LogP contribution in [0.5, 0.6) is 5.75 Å². The Labute approximate surface area is 202 Å². The largest absolute Gasteiger partial charge is 0.587 e.